The van der Waals surface area contributed by atoms with Crippen molar-refractivity contribution in [1.29, 1.82) is 0 Å². The molecule has 48 nitrogen and oxygen atoms in total. The molecule has 0 bridgehead atoms. The number of hydrogen-bond donors (Lipinski definition) is 26. The van der Waals surface area contributed by atoms with Gasteiger partial charge in [-0.15, -0.1) is 0 Å². The molecule has 0 spiro atoms. The molecule has 608 valence electrons. The summed E-state index contributed by atoms with van der Waals surface area (Å²) in [6.45, 7) is -4.82. The van der Waals surface area contributed by atoms with Gasteiger partial charge in [-0.1, -0.05) is 0 Å². The van der Waals surface area contributed by atoms with E-state index in [1.54, 1.807) is 0 Å². The molecule has 0 aromatic heterocycles. The van der Waals surface area contributed by atoms with Gasteiger partial charge >= 0.3 is 10.4 Å². The van der Waals surface area contributed by atoms with Crippen LogP contribution >= 0.6 is 0 Å². The fourth-order valence-corrected chi connectivity index (χ4v) is 13.6. The van der Waals surface area contributed by atoms with Gasteiger partial charge in [0, 0.05) is 27.7 Å². The Hall–Kier alpha value is -3.69. The van der Waals surface area contributed by atoms with E-state index < -0.39 is 332 Å². The first-order valence-electron chi connectivity index (χ1n) is 32.8. The van der Waals surface area contributed by atoms with Crippen molar-refractivity contribution in [1.82, 2.24) is 21.3 Å². The maximum absolute atomic E-state index is 13.0. The summed E-state index contributed by atoms with van der Waals surface area (Å²) in [7, 11) is -5.41. The summed E-state index contributed by atoms with van der Waals surface area (Å²) in [5.74, 6) is -3.64. The quantitative estimate of drug-likeness (QED) is 0.0324. The third-order valence-electron chi connectivity index (χ3n) is 18.4. The molecule has 49 heteroatoms. The summed E-state index contributed by atoms with van der Waals surface area (Å²) in [5.41, 5.74) is 0. The topological polar surface area (TPSA) is 743 Å². The molecule has 0 unspecified atom stereocenters. The Morgan fingerprint density at radius 3 is 1.00 bits per heavy atom. The van der Waals surface area contributed by atoms with Gasteiger partial charge in [-0.05, 0) is 0 Å². The fourth-order valence-electron chi connectivity index (χ4n) is 13.1. The lowest BCUT2D eigenvalue weighted by Crippen LogP contribution is -2.71. The van der Waals surface area contributed by atoms with E-state index in [0.29, 0.717) is 0 Å². The Kier molecular flexibility index (Phi) is 31.1. The third kappa shape index (κ3) is 20.2. The minimum Gasteiger partial charge on any atom is -0.394 e. The molecule has 0 aromatic carbocycles. The number of aliphatic hydroxyl groups excluding tert-OH is 21. The Morgan fingerprint density at radius 1 is 0.295 bits per heavy atom. The highest BCUT2D eigenvalue weighted by molar-refractivity contribution is 7.80. The summed E-state index contributed by atoms with van der Waals surface area (Å²) in [5, 5.41) is 242. The number of aliphatic hydroxyl groups is 21. The van der Waals surface area contributed by atoms with Crippen molar-refractivity contribution in [2.24, 2.45) is 0 Å². The lowest BCUT2D eigenvalue weighted by molar-refractivity contribution is -0.396. The summed E-state index contributed by atoms with van der Waals surface area (Å²) < 4.78 is 125. The molecule has 0 aromatic rings. The summed E-state index contributed by atoms with van der Waals surface area (Å²) >= 11 is 0. The number of nitrogens with one attached hydrogen (secondary N) is 4. The van der Waals surface area contributed by atoms with Gasteiger partial charge in [0.1, 0.15) is 195 Å². The van der Waals surface area contributed by atoms with Crippen LogP contribution < -0.4 is 21.3 Å². The molecular formula is C56H94N4O44S. The van der Waals surface area contributed by atoms with Crippen LogP contribution in [0, 0.1) is 0 Å². The first kappa shape index (κ1) is 86.9. The van der Waals surface area contributed by atoms with Crippen LogP contribution in [0.3, 0.4) is 0 Å². The number of amides is 4. The molecule has 8 aliphatic rings. The average molecular weight is 1560 g/mol. The minimum absolute atomic E-state index is 0.779. The van der Waals surface area contributed by atoms with Gasteiger partial charge in [0.05, 0.1) is 52.9 Å². The van der Waals surface area contributed by atoms with Crippen molar-refractivity contribution in [3.63, 3.8) is 0 Å². The molecule has 4 amide bonds. The van der Waals surface area contributed by atoms with Crippen LogP contribution in [0.15, 0.2) is 0 Å². The van der Waals surface area contributed by atoms with Gasteiger partial charge in [0.2, 0.25) is 23.6 Å². The molecule has 0 radical (unpaired) electrons. The molecule has 105 heavy (non-hydrogen) atoms. The Bertz CT molecular complexity index is 2910. The van der Waals surface area contributed by atoms with Gasteiger partial charge in [0.15, 0.2) is 50.3 Å². The van der Waals surface area contributed by atoms with Crippen molar-refractivity contribution >= 4 is 34.0 Å². The first-order chi connectivity index (χ1) is 49.4. The van der Waals surface area contributed by atoms with Crippen LogP contribution in [0.5, 0.6) is 0 Å². The second-order valence-corrected chi connectivity index (χ2v) is 26.9. The minimum atomic E-state index is -5.41. The zero-order valence-corrected chi connectivity index (χ0v) is 56.8. The Labute approximate surface area is 594 Å². The third-order valence-corrected chi connectivity index (χ3v) is 18.9. The second-order valence-electron chi connectivity index (χ2n) is 25.9. The number of ether oxygens (including phenoxy) is 15. The maximum Gasteiger partial charge on any atom is 0.397 e. The predicted molar refractivity (Wildman–Crippen MR) is 321 cm³/mol. The van der Waals surface area contributed by atoms with E-state index >= 15 is 0 Å². The standard InChI is InChI=1S/C56H94N4O44S/c1-13(67)57-25-33(75)43(19(7-63)91-49(25)85)99-50-26(58-14(2)68)35(77)45(21(9-65)94-50)101-55-42(84)47(32(74)24(98-55)12-90-54-41(83)38(80)31(73)23(97-54)11-89-53-40(82)37(79)29(71)17(5-61)92-53)102-56-48(39(81)30(72)18(6-62)93-56)103-52-27(59-15(3)69)34(76)44(20(8-64)95-52)100-51-28(60-16(4)70)36(78)46(22(10-66)96-51)104-105(86,87)88/h17-56,61-66,71-85H,5-12H2,1-4H3,(H,57,67)(H,58,68)(H,59,69)(H,60,70)(H,86,87,88)/t17-,18-,19-,20-,21-,22-,23-,24-,25-,26-,27-,28-,29-,30-,31-,32-,33-,34-,35-,36-,37+,38+,39+,40+,41+,42+,43-,44-,45-,46+,47+,48+,49-,50+,51+,52+,53+,54+,55+,56-/m1/s1. The van der Waals surface area contributed by atoms with Crippen molar-refractivity contribution in [2.45, 2.75) is 273 Å². The largest absolute Gasteiger partial charge is 0.397 e. The zero-order chi connectivity index (χ0) is 77.7. The maximum atomic E-state index is 13.0. The van der Waals surface area contributed by atoms with Crippen molar-refractivity contribution in [2.75, 3.05) is 52.9 Å². The Balaban J connectivity index is 1.11. The molecule has 0 aliphatic carbocycles. The van der Waals surface area contributed by atoms with E-state index in [2.05, 4.69) is 25.5 Å². The van der Waals surface area contributed by atoms with Crippen LogP contribution in [0.25, 0.3) is 0 Å². The van der Waals surface area contributed by atoms with Gasteiger partial charge < -0.3 is 200 Å². The molecule has 40 atom stereocenters. The number of rotatable bonds is 28. The fraction of sp³-hybridized carbons (Fsp3) is 0.929. The van der Waals surface area contributed by atoms with Gasteiger partial charge in [0.25, 0.3) is 0 Å². The van der Waals surface area contributed by atoms with Gasteiger partial charge in [-0.3, -0.25) is 23.7 Å². The van der Waals surface area contributed by atoms with E-state index in [4.69, 9.17) is 71.1 Å². The van der Waals surface area contributed by atoms with E-state index in [1.165, 1.54) is 0 Å². The molecule has 8 heterocycles. The molecule has 8 aliphatic heterocycles. The highest BCUT2D eigenvalue weighted by Gasteiger charge is 2.60. The van der Waals surface area contributed by atoms with Gasteiger partial charge in [-0.25, -0.2) is 4.18 Å². The summed E-state index contributed by atoms with van der Waals surface area (Å²) in [6.07, 6.45) is -74.9. The van der Waals surface area contributed by atoms with Crippen molar-refractivity contribution < 1.29 is 215 Å². The number of hydrogen-bond acceptors (Lipinski definition) is 43. The Morgan fingerprint density at radius 2 is 0.590 bits per heavy atom. The monoisotopic (exact) mass is 1560 g/mol. The van der Waals surface area contributed by atoms with E-state index in [1.807, 2.05) is 0 Å². The van der Waals surface area contributed by atoms with Crippen LogP contribution in [-0.2, 0) is 105 Å². The number of carbonyl (C=O) groups is 4. The smallest absolute Gasteiger partial charge is 0.394 e. The lowest BCUT2D eigenvalue weighted by Gasteiger charge is -2.51. The molecule has 0 saturated carbocycles. The van der Waals surface area contributed by atoms with E-state index in [0.717, 1.165) is 27.7 Å². The molecule has 8 saturated heterocycles. The second kappa shape index (κ2) is 37.6. The van der Waals surface area contributed by atoms with Gasteiger partial charge in [-0.2, -0.15) is 8.42 Å². The van der Waals surface area contributed by atoms with E-state index in [-0.39, 0.29) is 0 Å². The highest BCUT2D eigenvalue weighted by Crippen LogP contribution is 2.39. The van der Waals surface area contributed by atoms with Crippen LogP contribution in [0.4, 0.5) is 0 Å². The first-order valence-corrected chi connectivity index (χ1v) is 34.1. The SMILES string of the molecule is CC(=O)N[C@@H]1[C@@H](O)[C@H](O[C@@H]2O[C@H](CO)[C@@H](O[C@@H]3O[C@H](CO[C@H]4O[C@H](CO[C@H]5O[C@H](CO)[C@@H](O)[C@H](O)[C@@H]5O)[C@@H](O)[C@H](O)[C@@H]4O)[C@@H](O)[C@H](O[C@H]4O[C@H](CO)[C@@H](O)[C@H](O)[C@@H]4O[C@@H]4O[C@H](CO)[C@@H](O[C@@H]5O[C@H](CO)[C@H](OS(=O)(=O)O)[C@H](O)[C@H]5NC(C)=O)[C@H](O)[C@H]4NC(C)=O)[C@@H]3O)[C@H](O)[C@H]2NC(C)=O)[C@@H](CO)O[C@H]1O. The average Bonchev–Trinajstić information content (AvgIpc) is 0.769. The zero-order valence-electron chi connectivity index (χ0n) is 56.0. The molecule has 8 rings (SSSR count). The summed E-state index contributed by atoms with van der Waals surface area (Å²) in [6, 6.07) is -7.45. The van der Waals surface area contributed by atoms with E-state index in [9.17, 15) is 139 Å². The number of carbonyl (C=O) groups excluding carboxylic acids is 4. The van der Waals surface area contributed by atoms with Crippen molar-refractivity contribution in [3.8, 4) is 0 Å². The molecule has 26 N–H and O–H groups in total. The van der Waals surface area contributed by atoms with Crippen LogP contribution in [-0.4, -0.2) is 442 Å². The highest BCUT2D eigenvalue weighted by atomic mass is 32.3. The normalized spacial score (nSPS) is 47.1. The summed E-state index contributed by atoms with van der Waals surface area (Å²) in [4.78, 5) is 50.4. The lowest BCUT2D eigenvalue weighted by atomic mass is 9.93. The predicted octanol–water partition coefficient (Wildman–Crippen LogP) is -18.0. The molecular weight excluding hydrogens is 1460 g/mol. The van der Waals surface area contributed by atoms with Crippen molar-refractivity contribution in [3.05, 3.63) is 0 Å². The van der Waals surface area contributed by atoms with Crippen LogP contribution in [0.1, 0.15) is 27.7 Å². The van der Waals surface area contributed by atoms with Crippen LogP contribution in [0.2, 0.25) is 0 Å². The molecule has 8 fully saturated rings.